The smallest absolute Gasteiger partial charge is 0.227 e. The zero-order valence-corrected chi connectivity index (χ0v) is 18.4. The van der Waals surface area contributed by atoms with E-state index in [1.54, 1.807) is 12.3 Å². The standard InChI is InChI=1S/C24H30N6O/c1-23(2)16-7-9-24(23,3)20(13-16)30-21(31)15-19-8-11-27-22(29-19)28-18-6-4-5-17(14-18)26-12-10-25/h4-6,8,11,14,16,20,26H,7,9,12-13,15H2,1-3H3,(H,30,31)(H,27,28,29). The van der Waals surface area contributed by atoms with Gasteiger partial charge in [0.15, 0.2) is 0 Å². The fourth-order valence-corrected chi connectivity index (χ4v) is 5.36. The molecule has 1 heterocycles. The van der Waals surface area contributed by atoms with Crippen LogP contribution in [0, 0.1) is 28.1 Å². The average molecular weight is 419 g/mol. The van der Waals surface area contributed by atoms with Crippen LogP contribution in [0.5, 0.6) is 0 Å². The van der Waals surface area contributed by atoms with Crippen LogP contribution in [0.4, 0.5) is 17.3 Å². The Balaban J connectivity index is 1.38. The second-order valence-corrected chi connectivity index (χ2v) is 9.50. The first-order valence-corrected chi connectivity index (χ1v) is 10.9. The van der Waals surface area contributed by atoms with Crippen LogP contribution in [-0.4, -0.2) is 28.5 Å². The molecule has 1 amide bonds. The third-order valence-electron chi connectivity index (χ3n) is 7.67. The maximum Gasteiger partial charge on any atom is 0.227 e. The summed E-state index contributed by atoms with van der Waals surface area (Å²) in [6.07, 6.45) is 5.42. The molecular weight excluding hydrogens is 388 g/mol. The van der Waals surface area contributed by atoms with Gasteiger partial charge in [-0.3, -0.25) is 4.79 Å². The molecule has 3 N–H and O–H groups in total. The minimum absolute atomic E-state index is 0.0157. The molecule has 7 heteroatoms. The lowest BCUT2D eigenvalue weighted by Crippen LogP contribution is -2.47. The number of hydrogen-bond donors (Lipinski definition) is 3. The van der Waals surface area contributed by atoms with Gasteiger partial charge >= 0.3 is 0 Å². The van der Waals surface area contributed by atoms with Crippen LogP contribution in [0.2, 0.25) is 0 Å². The number of benzene rings is 1. The van der Waals surface area contributed by atoms with Crippen molar-refractivity contribution in [1.29, 1.82) is 5.26 Å². The maximum absolute atomic E-state index is 12.8. The minimum Gasteiger partial charge on any atom is -0.372 e. The first-order valence-electron chi connectivity index (χ1n) is 10.9. The van der Waals surface area contributed by atoms with Gasteiger partial charge < -0.3 is 16.0 Å². The number of hydrogen-bond acceptors (Lipinski definition) is 6. The predicted molar refractivity (Wildman–Crippen MR) is 121 cm³/mol. The van der Waals surface area contributed by atoms with Gasteiger partial charge in [-0.25, -0.2) is 9.97 Å². The summed E-state index contributed by atoms with van der Waals surface area (Å²) in [6.45, 7) is 7.27. The first-order chi connectivity index (χ1) is 14.8. The number of nitriles is 1. The van der Waals surface area contributed by atoms with Gasteiger partial charge in [-0.2, -0.15) is 5.26 Å². The fourth-order valence-electron chi connectivity index (χ4n) is 5.36. The van der Waals surface area contributed by atoms with Crippen LogP contribution in [-0.2, 0) is 11.2 Å². The van der Waals surface area contributed by atoms with Crippen molar-refractivity contribution in [2.45, 2.75) is 52.5 Å². The van der Waals surface area contributed by atoms with E-state index >= 15 is 0 Å². The number of carbonyl (C=O) groups is 1. The zero-order valence-electron chi connectivity index (χ0n) is 18.4. The van der Waals surface area contributed by atoms with E-state index in [4.69, 9.17) is 5.26 Å². The number of carbonyl (C=O) groups excluding carboxylic acids is 1. The molecule has 4 rings (SSSR count). The number of aromatic nitrogens is 2. The van der Waals surface area contributed by atoms with Gasteiger partial charge in [0.05, 0.1) is 18.2 Å². The Labute approximate surface area is 183 Å². The zero-order chi connectivity index (χ0) is 22.1. The summed E-state index contributed by atoms with van der Waals surface area (Å²) in [6, 6.07) is 11.6. The Kier molecular flexibility index (Phi) is 5.57. The molecule has 2 aliphatic rings. The molecule has 2 bridgehead atoms. The number of anilines is 3. The normalized spacial score (nSPS) is 25.6. The van der Waals surface area contributed by atoms with Crippen molar-refractivity contribution in [3.05, 3.63) is 42.2 Å². The van der Waals surface area contributed by atoms with Crippen LogP contribution < -0.4 is 16.0 Å². The predicted octanol–water partition coefficient (Wildman–Crippen LogP) is 4.03. The van der Waals surface area contributed by atoms with Crippen LogP contribution in [0.3, 0.4) is 0 Å². The molecule has 1 aromatic carbocycles. The summed E-state index contributed by atoms with van der Waals surface area (Å²) in [5.74, 6) is 1.15. The van der Waals surface area contributed by atoms with Crippen molar-refractivity contribution < 1.29 is 4.79 Å². The average Bonchev–Trinajstić information content (AvgIpc) is 3.06. The number of amides is 1. The van der Waals surface area contributed by atoms with Gasteiger partial charge in [0.25, 0.3) is 0 Å². The number of nitrogens with zero attached hydrogens (tertiary/aromatic N) is 3. The lowest BCUT2D eigenvalue weighted by atomic mass is 9.69. The molecule has 31 heavy (non-hydrogen) atoms. The molecule has 2 aliphatic carbocycles. The largest absolute Gasteiger partial charge is 0.372 e. The fraction of sp³-hybridized carbons (Fsp3) is 0.500. The molecule has 0 saturated heterocycles. The molecule has 0 spiro atoms. The topological polar surface area (TPSA) is 103 Å². The van der Waals surface area contributed by atoms with Crippen LogP contribution >= 0.6 is 0 Å². The number of rotatable bonds is 7. The molecule has 162 valence electrons. The van der Waals surface area contributed by atoms with Gasteiger partial charge in [0.1, 0.15) is 6.54 Å². The lowest BCUT2D eigenvalue weighted by molar-refractivity contribution is -0.122. The molecule has 2 saturated carbocycles. The van der Waals surface area contributed by atoms with Gasteiger partial charge in [-0.05, 0) is 60.3 Å². The van der Waals surface area contributed by atoms with Crippen LogP contribution in [0.1, 0.15) is 45.7 Å². The van der Waals surface area contributed by atoms with Crippen molar-refractivity contribution >= 4 is 23.2 Å². The molecule has 3 atom stereocenters. The summed E-state index contributed by atoms with van der Waals surface area (Å²) in [7, 11) is 0. The molecule has 7 nitrogen and oxygen atoms in total. The van der Waals surface area contributed by atoms with Crippen LogP contribution in [0.15, 0.2) is 36.5 Å². The Morgan fingerprint density at radius 2 is 2.06 bits per heavy atom. The van der Waals surface area contributed by atoms with Crippen molar-refractivity contribution in [2.24, 2.45) is 16.7 Å². The molecule has 1 aromatic heterocycles. The number of nitrogens with one attached hydrogen (secondary N) is 3. The maximum atomic E-state index is 12.8. The first kappa shape index (κ1) is 21.1. The van der Waals surface area contributed by atoms with E-state index in [1.807, 2.05) is 24.3 Å². The highest BCUT2D eigenvalue weighted by atomic mass is 16.1. The van der Waals surface area contributed by atoms with Crippen LogP contribution in [0.25, 0.3) is 0 Å². The second-order valence-electron chi connectivity index (χ2n) is 9.50. The quantitative estimate of drug-likeness (QED) is 0.587. The van der Waals surface area contributed by atoms with E-state index in [0.29, 0.717) is 17.6 Å². The molecule has 0 aliphatic heterocycles. The minimum atomic E-state index is 0.0157. The van der Waals surface area contributed by atoms with Gasteiger partial charge in [-0.15, -0.1) is 0 Å². The van der Waals surface area contributed by atoms with Gasteiger partial charge in [-0.1, -0.05) is 26.8 Å². The monoisotopic (exact) mass is 418 g/mol. The van der Waals surface area contributed by atoms with E-state index < -0.39 is 0 Å². The Morgan fingerprint density at radius 1 is 1.26 bits per heavy atom. The Hall–Kier alpha value is -3.14. The summed E-state index contributed by atoms with van der Waals surface area (Å²) < 4.78 is 0. The van der Waals surface area contributed by atoms with Gasteiger partial charge in [0, 0.05) is 23.6 Å². The molecular formula is C24H30N6O. The SMILES string of the molecule is CC1(C)C2CCC1(C)C(NC(=O)Cc1ccnc(Nc3cccc(NCC#N)c3)n1)C2. The van der Waals surface area contributed by atoms with E-state index in [9.17, 15) is 4.79 Å². The van der Waals surface area contributed by atoms with Crippen molar-refractivity contribution in [3.63, 3.8) is 0 Å². The second kappa shape index (κ2) is 8.18. The van der Waals surface area contributed by atoms with Crippen molar-refractivity contribution in [3.8, 4) is 6.07 Å². The molecule has 3 unspecified atom stereocenters. The van der Waals surface area contributed by atoms with Crippen molar-refractivity contribution in [2.75, 3.05) is 17.2 Å². The van der Waals surface area contributed by atoms with Crippen molar-refractivity contribution in [1.82, 2.24) is 15.3 Å². The lowest BCUT2D eigenvalue weighted by Gasteiger charge is -2.39. The highest BCUT2D eigenvalue weighted by Crippen LogP contribution is 2.65. The van der Waals surface area contributed by atoms with E-state index in [-0.39, 0.29) is 35.7 Å². The summed E-state index contributed by atoms with van der Waals surface area (Å²) >= 11 is 0. The Morgan fingerprint density at radius 3 is 2.77 bits per heavy atom. The summed E-state index contributed by atoms with van der Waals surface area (Å²) in [5.41, 5.74) is 2.76. The van der Waals surface area contributed by atoms with Gasteiger partial charge in [0.2, 0.25) is 11.9 Å². The summed E-state index contributed by atoms with van der Waals surface area (Å²) in [4.78, 5) is 21.6. The molecule has 2 aromatic rings. The molecule has 0 radical (unpaired) electrons. The summed E-state index contributed by atoms with van der Waals surface area (Å²) in [5, 5.41) is 18.2. The van der Waals surface area contributed by atoms with E-state index in [1.165, 1.54) is 12.8 Å². The molecule has 2 fully saturated rings. The Bertz CT molecular complexity index is 1010. The third-order valence-corrected chi connectivity index (χ3v) is 7.67. The van der Waals surface area contributed by atoms with E-state index in [2.05, 4.69) is 52.8 Å². The highest BCUT2D eigenvalue weighted by Gasteiger charge is 2.61. The third kappa shape index (κ3) is 4.07. The highest BCUT2D eigenvalue weighted by molar-refractivity contribution is 5.78. The van der Waals surface area contributed by atoms with E-state index in [0.717, 1.165) is 17.8 Å². The number of fused-ring (bicyclic) bond motifs is 2.